The fourth-order valence-electron chi connectivity index (χ4n) is 11.1. The van der Waals surface area contributed by atoms with Crippen LogP contribution >= 0.6 is 0 Å². The highest BCUT2D eigenvalue weighted by atomic mass is 16.6. The number of rotatable bonds is 19. The average Bonchev–Trinajstić information content (AvgIpc) is 3.88. The van der Waals surface area contributed by atoms with Crippen molar-refractivity contribution in [1.29, 1.82) is 0 Å². The van der Waals surface area contributed by atoms with E-state index in [0.717, 1.165) is 52.6 Å². The van der Waals surface area contributed by atoms with Crippen LogP contribution in [-0.2, 0) is 33.2 Å². The number of piperidine rings is 1. The van der Waals surface area contributed by atoms with Gasteiger partial charge in [0.1, 0.15) is 23.5 Å². The van der Waals surface area contributed by atoms with Gasteiger partial charge in [-0.3, -0.25) is 38.7 Å². The van der Waals surface area contributed by atoms with Crippen LogP contribution in [0.2, 0.25) is 0 Å². The van der Waals surface area contributed by atoms with E-state index in [4.69, 9.17) is 14.2 Å². The number of amides is 7. The van der Waals surface area contributed by atoms with Crippen LogP contribution in [0, 0.1) is 5.92 Å². The Labute approximate surface area is 492 Å². The largest absolute Gasteiger partial charge is 0.493 e. The molecule has 7 aromatic rings. The van der Waals surface area contributed by atoms with Gasteiger partial charge in [0.2, 0.25) is 17.7 Å². The third-order valence-electron chi connectivity index (χ3n) is 15.5. The van der Waals surface area contributed by atoms with Crippen molar-refractivity contribution in [2.24, 2.45) is 25.0 Å². The molecule has 1 saturated heterocycles. The van der Waals surface area contributed by atoms with Crippen molar-refractivity contribution >= 4 is 76.2 Å². The Kier molecular flexibility index (Phi) is 17.3. The monoisotopic (exact) mass is 1150 g/mol. The van der Waals surface area contributed by atoms with Crippen LogP contribution in [0.25, 0.3) is 22.3 Å². The van der Waals surface area contributed by atoms with Crippen LogP contribution in [0.4, 0.5) is 33.2 Å². The average molecular weight is 1150 g/mol. The molecule has 438 valence electrons. The van der Waals surface area contributed by atoms with Gasteiger partial charge in [-0.25, -0.2) is 4.79 Å². The molecule has 85 heavy (non-hydrogen) atoms. The summed E-state index contributed by atoms with van der Waals surface area (Å²) in [5.41, 5.74) is 8.89. The lowest BCUT2D eigenvalue weighted by molar-refractivity contribution is -0.130. The molecule has 0 unspecified atom stereocenters. The van der Waals surface area contributed by atoms with E-state index in [1.165, 1.54) is 19.1 Å². The van der Waals surface area contributed by atoms with Gasteiger partial charge < -0.3 is 54.8 Å². The van der Waals surface area contributed by atoms with E-state index in [9.17, 15) is 33.6 Å². The first-order valence-corrected chi connectivity index (χ1v) is 28.3. The Morgan fingerprint density at radius 1 is 0.671 bits per heavy atom. The normalized spacial score (nSPS) is 14.8. The quantitative estimate of drug-likeness (QED) is 0.0480. The molecule has 3 aliphatic rings. The van der Waals surface area contributed by atoms with Gasteiger partial charge in [-0.1, -0.05) is 74.5 Å². The summed E-state index contributed by atoms with van der Waals surface area (Å²) in [5, 5.41) is 14.2. The molecule has 10 rings (SSSR count). The Balaban J connectivity index is 0.665. The summed E-state index contributed by atoms with van der Waals surface area (Å²) in [5.74, 6) is -1.55. The number of carbonyl (C=O) groups is 7. The first-order chi connectivity index (χ1) is 40.9. The van der Waals surface area contributed by atoms with Gasteiger partial charge in [0, 0.05) is 92.5 Å². The fraction of sp³-hybridized carbons (Fsp3) is 0.292. The molecule has 0 radical (unpaired) electrons. The van der Waals surface area contributed by atoms with Crippen LogP contribution in [0.15, 0.2) is 139 Å². The summed E-state index contributed by atoms with van der Waals surface area (Å²) in [4.78, 5) is 102. The maximum Gasteiger partial charge on any atom is 0.411 e. The van der Waals surface area contributed by atoms with Crippen molar-refractivity contribution in [3.63, 3.8) is 0 Å². The molecule has 2 aliphatic heterocycles. The lowest BCUT2D eigenvalue weighted by Gasteiger charge is -2.32. The Hall–Kier alpha value is -9.98. The predicted molar refractivity (Wildman–Crippen MR) is 325 cm³/mol. The molecular formula is C65H68N10O10. The van der Waals surface area contributed by atoms with Crippen molar-refractivity contribution in [3.8, 4) is 33.8 Å². The Morgan fingerprint density at radius 3 is 1.93 bits per heavy atom. The number of hydrogen-bond donors (Lipinski definition) is 5. The molecule has 0 bridgehead atoms. The number of fused-ring (bicyclic) bond motifs is 5. The highest BCUT2D eigenvalue weighted by molar-refractivity contribution is 6.06. The smallest absolute Gasteiger partial charge is 0.411 e. The molecule has 0 saturated carbocycles. The minimum atomic E-state index is -0.969. The molecule has 1 fully saturated rings. The molecule has 5 N–H and O–H groups in total. The summed E-state index contributed by atoms with van der Waals surface area (Å²) in [6.45, 7) is 6.09. The van der Waals surface area contributed by atoms with Crippen molar-refractivity contribution < 1.29 is 47.8 Å². The second-order valence-electron chi connectivity index (χ2n) is 21.8. The van der Waals surface area contributed by atoms with E-state index in [-0.39, 0.29) is 48.6 Å². The van der Waals surface area contributed by atoms with Gasteiger partial charge in [-0.15, -0.1) is 0 Å². The number of benzene rings is 5. The second-order valence-corrected chi connectivity index (χ2v) is 21.8. The number of nitrogens with zero attached hydrogens (tertiary/aromatic N) is 5. The van der Waals surface area contributed by atoms with E-state index in [2.05, 4.69) is 31.6 Å². The number of nitrogens with one attached hydrogen (secondary N) is 5. The zero-order valence-electron chi connectivity index (χ0n) is 48.4. The fourth-order valence-corrected chi connectivity index (χ4v) is 11.1. The van der Waals surface area contributed by atoms with E-state index in [0.29, 0.717) is 69.9 Å². The van der Waals surface area contributed by atoms with Gasteiger partial charge in [-0.05, 0) is 110 Å². The van der Waals surface area contributed by atoms with Crippen molar-refractivity contribution in [3.05, 3.63) is 162 Å². The summed E-state index contributed by atoms with van der Waals surface area (Å²) in [6, 6.07) is 34.1. The van der Waals surface area contributed by atoms with E-state index in [1.807, 2.05) is 91.8 Å². The first kappa shape index (κ1) is 58.2. The summed E-state index contributed by atoms with van der Waals surface area (Å²) in [7, 11) is 6.51. The maximum atomic E-state index is 13.7. The number of carbonyl (C=O) groups excluding carboxylic acids is 7. The number of likely N-dealkylation sites (N-methyl/N-ethyl adjacent to an activating group) is 1. The Bertz CT molecular complexity index is 3690. The molecule has 7 amide bonds. The van der Waals surface area contributed by atoms with Gasteiger partial charge in [0.15, 0.2) is 17.6 Å². The SMILES string of the molecule is COc1cc2c(cc1OCCCC(=O)Nc1cc(C(=O)Nc3ccc(-c4cc(C(=O)Nc5ccc(NC(=O)[C@H](C)NC(=O)[C@H](C(C)C)N(C)C(=O)OC6c7ccccc7-c7ccccc76)cc5)n(C)c4)cc3)n(C)c1)N=C[C@@H]1CCCCN1C2=O. The summed E-state index contributed by atoms with van der Waals surface area (Å²) >= 11 is 0. The molecule has 1 aliphatic carbocycles. The van der Waals surface area contributed by atoms with Crippen molar-refractivity contribution in [2.75, 3.05) is 48.6 Å². The molecule has 20 heteroatoms. The van der Waals surface area contributed by atoms with Crippen molar-refractivity contribution in [1.82, 2.24) is 24.3 Å². The second kappa shape index (κ2) is 25.3. The van der Waals surface area contributed by atoms with Crippen LogP contribution in [0.5, 0.6) is 11.5 Å². The van der Waals surface area contributed by atoms with Crippen LogP contribution < -0.4 is 36.1 Å². The Morgan fingerprint density at radius 2 is 1.28 bits per heavy atom. The highest BCUT2D eigenvalue weighted by Gasteiger charge is 2.37. The van der Waals surface area contributed by atoms with Crippen LogP contribution in [0.3, 0.4) is 0 Å². The van der Waals surface area contributed by atoms with Gasteiger partial charge in [0.05, 0.1) is 36.7 Å². The number of anilines is 4. The lowest BCUT2D eigenvalue weighted by atomic mass is 10.0. The zero-order chi connectivity index (χ0) is 60.1. The minimum absolute atomic E-state index is 0.0287. The maximum absolute atomic E-state index is 13.7. The molecular weight excluding hydrogens is 1080 g/mol. The molecule has 4 heterocycles. The molecule has 2 aromatic heterocycles. The topological polar surface area (TPSA) is 236 Å². The number of hydrogen-bond acceptors (Lipinski definition) is 11. The lowest BCUT2D eigenvalue weighted by Crippen LogP contribution is -2.54. The van der Waals surface area contributed by atoms with E-state index >= 15 is 0 Å². The number of methoxy groups -OCH3 is 1. The van der Waals surface area contributed by atoms with Crippen LogP contribution in [0.1, 0.15) is 101 Å². The summed E-state index contributed by atoms with van der Waals surface area (Å²) < 4.78 is 21.0. The minimum Gasteiger partial charge on any atom is -0.493 e. The standard InChI is InChI=1S/C65H68N10O10/c1-38(2)58(74(6)65(82)85-59-49-18-10-8-16-47(49)48-17-9-11-19-50(48)59)63(80)67-39(3)60(77)69-43-25-27-44(28-26-43)71-61(78)53-31-41(36-72(53)4)40-21-23-42(24-22-40)70-62(79)54-32-45(37-73(54)5)68-57(76)20-14-30-84-56-34-52-51(33-55(56)83-7)64(81)75-29-13-12-15-46(75)35-66-52/h8-11,16-19,21-28,31-39,46,58-59H,12-15,20,29-30H2,1-7H3,(H,67,80)(H,68,76)(H,69,77)(H,70,79)(H,71,78)/t39-,46-,58-/m0/s1. The molecule has 20 nitrogen and oxygen atoms in total. The molecule has 5 aromatic carbocycles. The number of ether oxygens (including phenoxy) is 3. The third kappa shape index (κ3) is 12.8. The summed E-state index contributed by atoms with van der Waals surface area (Å²) in [6.07, 6.45) is 7.44. The van der Waals surface area contributed by atoms with Gasteiger partial charge in [0.25, 0.3) is 17.7 Å². The van der Waals surface area contributed by atoms with Gasteiger partial charge in [-0.2, -0.15) is 0 Å². The van der Waals surface area contributed by atoms with E-state index in [1.54, 1.807) is 97.0 Å². The predicted octanol–water partition coefficient (Wildman–Crippen LogP) is 10.4. The number of aromatic nitrogens is 2. The molecule has 3 atom stereocenters. The van der Waals surface area contributed by atoms with E-state index < -0.39 is 36.1 Å². The van der Waals surface area contributed by atoms with Gasteiger partial charge >= 0.3 is 6.09 Å². The zero-order valence-corrected chi connectivity index (χ0v) is 48.4. The highest BCUT2D eigenvalue weighted by Crippen LogP contribution is 2.45. The van der Waals surface area contributed by atoms with Crippen molar-refractivity contribution in [2.45, 2.75) is 77.1 Å². The van der Waals surface area contributed by atoms with Crippen LogP contribution in [-0.4, -0.2) is 112 Å². The first-order valence-electron chi connectivity index (χ1n) is 28.3. The molecule has 0 spiro atoms. The number of aryl methyl sites for hydroxylation is 2. The third-order valence-corrected chi connectivity index (χ3v) is 15.5. The number of aliphatic imine (C=N–C) groups is 1.